The summed E-state index contributed by atoms with van der Waals surface area (Å²) in [6.45, 7) is 0.128. The minimum absolute atomic E-state index is 0.128. The summed E-state index contributed by atoms with van der Waals surface area (Å²) in [7, 11) is 0. The predicted octanol–water partition coefficient (Wildman–Crippen LogP) is 3.67. The first kappa shape index (κ1) is 13.5. The van der Waals surface area contributed by atoms with E-state index in [1.165, 1.54) is 11.3 Å². The van der Waals surface area contributed by atoms with Crippen molar-refractivity contribution in [2.24, 2.45) is 0 Å². The summed E-state index contributed by atoms with van der Waals surface area (Å²) in [6, 6.07) is 8.52. The fourth-order valence-corrected chi connectivity index (χ4v) is 2.23. The first-order chi connectivity index (χ1) is 9.20. The van der Waals surface area contributed by atoms with E-state index in [0.717, 1.165) is 0 Å². The molecule has 0 spiro atoms. The van der Waals surface area contributed by atoms with E-state index < -0.39 is 0 Å². The largest absolute Gasteiger partial charge is 0.479 e. The number of halogens is 1. The second kappa shape index (κ2) is 6.28. The second-order valence-electron chi connectivity index (χ2n) is 3.56. The summed E-state index contributed by atoms with van der Waals surface area (Å²) in [5.74, 6) is 2.66. The molecule has 0 atom stereocenters. The van der Waals surface area contributed by atoms with Gasteiger partial charge in [0.05, 0.1) is 10.6 Å². The monoisotopic (exact) mass is 291 g/mol. The Morgan fingerprint density at radius 2 is 2.32 bits per heavy atom. The minimum atomic E-state index is -0.206. The van der Waals surface area contributed by atoms with Crippen LogP contribution in [0.3, 0.4) is 0 Å². The van der Waals surface area contributed by atoms with Gasteiger partial charge in [0.1, 0.15) is 12.4 Å². The van der Waals surface area contributed by atoms with Gasteiger partial charge in [-0.05, 0) is 29.6 Å². The summed E-state index contributed by atoms with van der Waals surface area (Å²) in [5.41, 5.74) is 0.501. The van der Waals surface area contributed by atoms with Crippen LogP contribution in [0.1, 0.15) is 9.67 Å². The van der Waals surface area contributed by atoms with E-state index in [2.05, 4.69) is 11.2 Å². The van der Waals surface area contributed by atoms with Crippen molar-refractivity contribution in [1.29, 1.82) is 0 Å². The fourth-order valence-electron chi connectivity index (χ4n) is 1.44. The van der Waals surface area contributed by atoms with Gasteiger partial charge in [0.15, 0.2) is 0 Å². The van der Waals surface area contributed by atoms with Gasteiger partial charge in [-0.2, -0.15) is 0 Å². The molecule has 0 aliphatic rings. The van der Waals surface area contributed by atoms with Crippen molar-refractivity contribution >= 4 is 34.5 Å². The number of carbonyl (C=O) groups excluding carboxylic acids is 1. The molecule has 19 heavy (non-hydrogen) atoms. The smallest absolute Gasteiger partial charge is 0.265 e. The number of nitrogens with one attached hydrogen (secondary N) is 1. The average molecular weight is 292 g/mol. The molecule has 2 aromatic rings. The van der Waals surface area contributed by atoms with Crippen LogP contribution in [0.25, 0.3) is 0 Å². The van der Waals surface area contributed by atoms with Gasteiger partial charge in [0.25, 0.3) is 5.91 Å². The molecule has 0 radical (unpaired) electrons. The lowest BCUT2D eigenvalue weighted by atomic mass is 10.3. The number of carbonyl (C=O) groups is 1. The fraction of sp³-hybridized carbons (Fsp3) is 0.0714. The lowest BCUT2D eigenvalue weighted by Crippen LogP contribution is -2.11. The Morgan fingerprint density at radius 3 is 3.00 bits per heavy atom. The lowest BCUT2D eigenvalue weighted by Gasteiger charge is -2.11. The maximum Gasteiger partial charge on any atom is 0.265 e. The van der Waals surface area contributed by atoms with Crippen LogP contribution in [-0.2, 0) is 0 Å². The van der Waals surface area contributed by atoms with Crippen LogP contribution < -0.4 is 10.1 Å². The van der Waals surface area contributed by atoms with Gasteiger partial charge in [-0.15, -0.1) is 17.8 Å². The maximum atomic E-state index is 12.0. The van der Waals surface area contributed by atoms with Gasteiger partial charge in [-0.1, -0.05) is 23.6 Å². The van der Waals surface area contributed by atoms with E-state index in [1.54, 1.807) is 24.3 Å². The highest BCUT2D eigenvalue weighted by atomic mass is 35.5. The van der Waals surface area contributed by atoms with E-state index in [4.69, 9.17) is 22.8 Å². The Bertz CT molecular complexity index is 617. The summed E-state index contributed by atoms with van der Waals surface area (Å²) in [4.78, 5) is 12.6. The number of rotatable bonds is 4. The van der Waals surface area contributed by atoms with E-state index >= 15 is 0 Å². The standard InChI is InChI=1S/C14H10ClNO2S/c1-2-7-18-12-6-5-10(15)9-11(12)16-14(17)13-4-3-8-19-13/h1,3-6,8-9H,7H2,(H,16,17). The molecular formula is C14H10ClNO2S. The third kappa shape index (κ3) is 3.50. The molecule has 1 heterocycles. The van der Waals surface area contributed by atoms with Crippen molar-refractivity contribution in [3.05, 3.63) is 45.6 Å². The van der Waals surface area contributed by atoms with Gasteiger partial charge in [-0.25, -0.2) is 0 Å². The van der Waals surface area contributed by atoms with Crippen LogP contribution in [0, 0.1) is 12.3 Å². The molecule has 1 N–H and O–H groups in total. The highest BCUT2D eigenvalue weighted by molar-refractivity contribution is 7.12. The van der Waals surface area contributed by atoms with Crippen LogP contribution in [0.15, 0.2) is 35.7 Å². The molecule has 1 amide bonds. The van der Waals surface area contributed by atoms with Crippen molar-refractivity contribution in [2.45, 2.75) is 0 Å². The van der Waals surface area contributed by atoms with Crippen molar-refractivity contribution in [2.75, 3.05) is 11.9 Å². The minimum Gasteiger partial charge on any atom is -0.479 e. The third-order valence-corrected chi connectivity index (χ3v) is 3.35. The molecule has 0 saturated heterocycles. The number of anilines is 1. The summed E-state index contributed by atoms with van der Waals surface area (Å²) in [5, 5.41) is 5.10. The zero-order valence-electron chi connectivity index (χ0n) is 9.85. The van der Waals surface area contributed by atoms with Gasteiger partial charge in [0, 0.05) is 5.02 Å². The number of hydrogen-bond donors (Lipinski definition) is 1. The van der Waals surface area contributed by atoms with Crippen LogP contribution in [-0.4, -0.2) is 12.5 Å². The molecule has 5 heteroatoms. The molecular weight excluding hydrogens is 282 g/mol. The van der Waals surface area contributed by atoms with Gasteiger partial charge in [0.2, 0.25) is 0 Å². The molecule has 0 aliphatic carbocycles. The molecule has 3 nitrogen and oxygen atoms in total. The van der Waals surface area contributed by atoms with Gasteiger partial charge in [-0.3, -0.25) is 4.79 Å². The first-order valence-corrected chi connectivity index (χ1v) is 6.67. The van der Waals surface area contributed by atoms with Crippen LogP contribution in [0.4, 0.5) is 5.69 Å². The predicted molar refractivity (Wildman–Crippen MR) is 78.1 cm³/mol. The molecule has 96 valence electrons. The van der Waals surface area contributed by atoms with Crippen LogP contribution in [0.5, 0.6) is 5.75 Å². The lowest BCUT2D eigenvalue weighted by molar-refractivity contribution is 0.103. The Morgan fingerprint density at radius 1 is 1.47 bits per heavy atom. The summed E-state index contributed by atoms with van der Waals surface area (Å²) >= 11 is 7.27. The Balaban J connectivity index is 2.21. The molecule has 0 unspecified atom stereocenters. The number of ether oxygens (including phenoxy) is 1. The Labute approximate surface area is 120 Å². The zero-order chi connectivity index (χ0) is 13.7. The van der Waals surface area contributed by atoms with Crippen LogP contribution in [0.2, 0.25) is 5.02 Å². The van der Waals surface area contributed by atoms with E-state index in [9.17, 15) is 4.79 Å². The number of terminal acetylenes is 1. The van der Waals surface area contributed by atoms with Crippen molar-refractivity contribution < 1.29 is 9.53 Å². The van der Waals surface area contributed by atoms with Crippen molar-refractivity contribution in [3.8, 4) is 18.1 Å². The number of thiophene rings is 1. The third-order valence-electron chi connectivity index (χ3n) is 2.25. The van der Waals surface area contributed by atoms with E-state index in [1.807, 2.05) is 11.4 Å². The Kier molecular flexibility index (Phi) is 4.45. The number of hydrogen-bond acceptors (Lipinski definition) is 3. The van der Waals surface area contributed by atoms with Crippen LogP contribution >= 0.6 is 22.9 Å². The first-order valence-electron chi connectivity index (χ1n) is 5.41. The highest BCUT2D eigenvalue weighted by Gasteiger charge is 2.11. The number of benzene rings is 1. The quantitative estimate of drug-likeness (QED) is 0.873. The molecule has 0 fully saturated rings. The molecule has 2 rings (SSSR count). The maximum absolute atomic E-state index is 12.0. The molecule has 1 aromatic carbocycles. The zero-order valence-corrected chi connectivity index (χ0v) is 11.4. The number of amides is 1. The van der Waals surface area contributed by atoms with Crippen molar-refractivity contribution in [1.82, 2.24) is 0 Å². The van der Waals surface area contributed by atoms with E-state index in [-0.39, 0.29) is 12.5 Å². The molecule has 0 aliphatic heterocycles. The Hall–Kier alpha value is -1.96. The molecule has 0 saturated carbocycles. The average Bonchev–Trinajstić information content (AvgIpc) is 2.92. The van der Waals surface area contributed by atoms with Gasteiger partial charge < -0.3 is 10.1 Å². The highest BCUT2D eigenvalue weighted by Crippen LogP contribution is 2.28. The SMILES string of the molecule is C#CCOc1ccc(Cl)cc1NC(=O)c1cccs1. The molecule has 0 bridgehead atoms. The second-order valence-corrected chi connectivity index (χ2v) is 4.95. The van der Waals surface area contributed by atoms with Crippen molar-refractivity contribution in [3.63, 3.8) is 0 Å². The molecule has 1 aromatic heterocycles. The summed E-state index contributed by atoms with van der Waals surface area (Å²) < 4.78 is 5.35. The van der Waals surface area contributed by atoms with E-state index in [0.29, 0.717) is 21.3 Å². The normalized spacial score (nSPS) is 9.68. The topological polar surface area (TPSA) is 38.3 Å². The summed E-state index contributed by atoms with van der Waals surface area (Å²) in [6.07, 6.45) is 5.15. The van der Waals surface area contributed by atoms with Gasteiger partial charge >= 0.3 is 0 Å².